The SMILES string of the molecule is Fc1ccccc1-c1cn[nH]c(=S)c1. The standard InChI is InChI=1S/C10H7FN2S/c11-9-4-2-1-3-8(9)7-5-10(14)13-12-6-7/h1-6H,(H,13,14). The number of aromatic nitrogens is 2. The highest BCUT2D eigenvalue weighted by Gasteiger charge is 2.03. The predicted molar refractivity (Wildman–Crippen MR) is 54.8 cm³/mol. The maximum atomic E-state index is 13.3. The lowest BCUT2D eigenvalue weighted by atomic mass is 10.1. The van der Waals surface area contributed by atoms with E-state index in [0.717, 1.165) is 0 Å². The molecule has 1 aromatic carbocycles. The first-order chi connectivity index (χ1) is 6.77. The second-order valence-electron chi connectivity index (χ2n) is 2.81. The van der Waals surface area contributed by atoms with Gasteiger partial charge in [-0.05, 0) is 12.1 Å². The normalized spacial score (nSPS) is 10.1. The van der Waals surface area contributed by atoms with Crippen molar-refractivity contribution in [3.05, 3.63) is 47.0 Å². The van der Waals surface area contributed by atoms with Gasteiger partial charge in [-0.15, -0.1) is 0 Å². The summed E-state index contributed by atoms with van der Waals surface area (Å²) < 4.78 is 13.8. The second-order valence-corrected chi connectivity index (χ2v) is 3.25. The summed E-state index contributed by atoms with van der Waals surface area (Å²) in [4.78, 5) is 0. The summed E-state index contributed by atoms with van der Waals surface area (Å²) in [6.45, 7) is 0. The number of rotatable bonds is 1. The number of H-pyrrole nitrogens is 1. The zero-order valence-corrected chi connectivity index (χ0v) is 8.01. The van der Waals surface area contributed by atoms with Crippen molar-refractivity contribution in [1.29, 1.82) is 0 Å². The molecule has 4 heteroatoms. The predicted octanol–water partition coefficient (Wildman–Crippen LogP) is 2.95. The fraction of sp³-hybridized carbons (Fsp3) is 0. The minimum Gasteiger partial charge on any atom is -0.268 e. The van der Waals surface area contributed by atoms with Crippen LogP contribution in [0, 0.1) is 10.5 Å². The molecule has 14 heavy (non-hydrogen) atoms. The molecule has 0 saturated heterocycles. The fourth-order valence-electron chi connectivity index (χ4n) is 1.22. The molecule has 0 radical (unpaired) electrons. The van der Waals surface area contributed by atoms with Gasteiger partial charge in [-0.25, -0.2) is 4.39 Å². The van der Waals surface area contributed by atoms with Gasteiger partial charge in [-0.1, -0.05) is 30.4 Å². The lowest BCUT2D eigenvalue weighted by molar-refractivity contribution is 0.631. The maximum Gasteiger partial charge on any atom is 0.131 e. The molecule has 1 aromatic heterocycles. The van der Waals surface area contributed by atoms with Gasteiger partial charge in [0.15, 0.2) is 0 Å². The molecule has 1 heterocycles. The third-order valence-corrected chi connectivity index (χ3v) is 2.06. The number of nitrogens with one attached hydrogen (secondary N) is 1. The molecule has 0 bridgehead atoms. The average molecular weight is 206 g/mol. The zero-order chi connectivity index (χ0) is 9.97. The van der Waals surface area contributed by atoms with Gasteiger partial charge in [-0.3, -0.25) is 5.10 Å². The summed E-state index contributed by atoms with van der Waals surface area (Å²) in [7, 11) is 0. The zero-order valence-electron chi connectivity index (χ0n) is 7.20. The van der Waals surface area contributed by atoms with Crippen LogP contribution in [-0.2, 0) is 0 Å². The van der Waals surface area contributed by atoms with Crippen molar-refractivity contribution in [2.75, 3.05) is 0 Å². The van der Waals surface area contributed by atoms with Gasteiger partial charge in [0.25, 0.3) is 0 Å². The Kier molecular flexibility index (Phi) is 2.37. The van der Waals surface area contributed by atoms with Crippen LogP contribution in [0.2, 0.25) is 0 Å². The highest BCUT2D eigenvalue weighted by atomic mass is 32.1. The molecule has 0 aliphatic carbocycles. The molecule has 0 spiro atoms. The topological polar surface area (TPSA) is 28.7 Å². The van der Waals surface area contributed by atoms with Crippen LogP contribution in [-0.4, -0.2) is 10.2 Å². The Hall–Kier alpha value is -1.55. The van der Waals surface area contributed by atoms with Gasteiger partial charge in [-0.2, -0.15) is 5.10 Å². The molecule has 0 aliphatic heterocycles. The molecule has 2 nitrogen and oxygen atoms in total. The van der Waals surface area contributed by atoms with Crippen LogP contribution in [0.3, 0.4) is 0 Å². The lowest BCUT2D eigenvalue weighted by Gasteiger charge is -2.01. The molecule has 2 aromatic rings. The minimum absolute atomic E-state index is 0.269. The Morgan fingerprint density at radius 2 is 2.07 bits per heavy atom. The van der Waals surface area contributed by atoms with Crippen molar-refractivity contribution >= 4 is 12.2 Å². The average Bonchev–Trinajstić information content (AvgIpc) is 2.18. The number of benzene rings is 1. The van der Waals surface area contributed by atoms with Crippen molar-refractivity contribution in [2.45, 2.75) is 0 Å². The lowest BCUT2D eigenvalue weighted by Crippen LogP contribution is -1.87. The monoisotopic (exact) mass is 206 g/mol. The Labute approximate surface area is 85.4 Å². The Balaban J connectivity index is 2.61. The Bertz CT molecular complexity index is 507. The molecule has 0 unspecified atom stereocenters. The van der Waals surface area contributed by atoms with Crippen LogP contribution in [0.25, 0.3) is 11.1 Å². The number of nitrogens with zero attached hydrogens (tertiary/aromatic N) is 1. The van der Waals surface area contributed by atoms with E-state index in [1.54, 1.807) is 30.5 Å². The minimum atomic E-state index is -0.269. The van der Waals surface area contributed by atoms with Gasteiger partial charge in [0.05, 0.1) is 6.20 Å². The summed E-state index contributed by atoms with van der Waals surface area (Å²) in [5.74, 6) is -0.269. The summed E-state index contributed by atoms with van der Waals surface area (Å²) in [5.41, 5.74) is 1.20. The summed E-state index contributed by atoms with van der Waals surface area (Å²) in [6, 6.07) is 8.21. The largest absolute Gasteiger partial charge is 0.268 e. The summed E-state index contributed by atoms with van der Waals surface area (Å²) in [5, 5.41) is 6.41. The molecule has 0 atom stereocenters. The molecule has 1 N–H and O–H groups in total. The first-order valence-corrected chi connectivity index (χ1v) is 4.48. The molecule has 0 saturated carbocycles. The van der Waals surface area contributed by atoms with E-state index in [0.29, 0.717) is 15.8 Å². The van der Waals surface area contributed by atoms with Gasteiger partial charge in [0, 0.05) is 11.1 Å². The van der Waals surface area contributed by atoms with Gasteiger partial charge < -0.3 is 0 Å². The van der Waals surface area contributed by atoms with Gasteiger partial charge in [0.2, 0.25) is 0 Å². The van der Waals surface area contributed by atoms with E-state index in [4.69, 9.17) is 12.2 Å². The number of aromatic amines is 1. The number of halogens is 1. The van der Waals surface area contributed by atoms with Crippen LogP contribution in [0.1, 0.15) is 0 Å². The van der Waals surface area contributed by atoms with E-state index >= 15 is 0 Å². The summed E-state index contributed by atoms with van der Waals surface area (Å²) >= 11 is 4.90. The van der Waals surface area contributed by atoms with Crippen molar-refractivity contribution in [3.63, 3.8) is 0 Å². The first kappa shape index (κ1) is 9.02. The Morgan fingerprint density at radius 1 is 1.29 bits per heavy atom. The molecular weight excluding hydrogens is 199 g/mol. The highest BCUT2D eigenvalue weighted by Crippen LogP contribution is 2.20. The van der Waals surface area contributed by atoms with Crippen LogP contribution in [0.4, 0.5) is 4.39 Å². The fourth-order valence-corrected chi connectivity index (χ4v) is 1.40. The van der Waals surface area contributed by atoms with Crippen molar-refractivity contribution in [3.8, 4) is 11.1 Å². The van der Waals surface area contributed by atoms with E-state index in [-0.39, 0.29) is 5.82 Å². The van der Waals surface area contributed by atoms with Crippen molar-refractivity contribution in [1.82, 2.24) is 10.2 Å². The molecular formula is C10H7FN2S. The quantitative estimate of drug-likeness (QED) is 0.727. The van der Waals surface area contributed by atoms with Crippen LogP contribution < -0.4 is 0 Å². The van der Waals surface area contributed by atoms with Crippen molar-refractivity contribution in [2.24, 2.45) is 0 Å². The first-order valence-electron chi connectivity index (χ1n) is 4.07. The van der Waals surface area contributed by atoms with Crippen molar-refractivity contribution < 1.29 is 4.39 Å². The molecule has 0 amide bonds. The maximum absolute atomic E-state index is 13.3. The van der Waals surface area contributed by atoms with E-state index in [2.05, 4.69) is 10.2 Å². The van der Waals surface area contributed by atoms with Crippen LogP contribution in [0.15, 0.2) is 36.5 Å². The highest BCUT2D eigenvalue weighted by molar-refractivity contribution is 7.71. The molecule has 2 rings (SSSR count). The Morgan fingerprint density at radius 3 is 2.79 bits per heavy atom. The van der Waals surface area contributed by atoms with E-state index < -0.39 is 0 Å². The van der Waals surface area contributed by atoms with E-state index in [1.807, 2.05) is 0 Å². The van der Waals surface area contributed by atoms with Gasteiger partial charge in [0.1, 0.15) is 10.5 Å². The van der Waals surface area contributed by atoms with E-state index in [1.165, 1.54) is 6.07 Å². The van der Waals surface area contributed by atoms with E-state index in [9.17, 15) is 4.39 Å². The number of hydrogen-bond acceptors (Lipinski definition) is 2. The second kappa shape index (κ2) is 3.67. The third kappa shape index (κ3) is 1.70. The molecule has 0 fully saturated rings. The van der Waals surface area contributed by atoms with Gasteiger partial charge >= 0.3 is 0 Å². The van der Waals surface area contributed by atoms with Crippen LogP contribution in [0.5, 0.6) is 0 Å². The molecule has 0 aliphatic rings. The number of hydrogen-bond donors (Lipinski definition) is 1. The molecule has 70 valence electrons. The summed E-state index contributed by atoms with van der Waals surface area (Å²) in [6.07, 6.45) is 1.55. The van der Waals surface area contributed by atoms with Crippen LogP contribution >= 0.6 is 12.2 Å². The smallest absolute Gasteiger partial charge is 0.131 e. The third-order valence-electron chi connectivity index (χ3n) is 1.85.